The molecule has 1 aliphatic carbocycles. The molecule has 0 bridgehead atoms. The molecule has 1 aliphatic rings. The molecule has 0 radical (unpaired) electrons. The minimum absolute atomic E-state index is 0.0399. The molecule has 98 valence electrons. The van der Waals surface area contributed by atoms with Crippen LogP contribution in [0.2, 0.25) is 0 Å². The first-order valence-electron chi connectivity index (χ1n) is 5.52. The van der Waals surface area contributed by atoms with Crippen LogP contribution in [-0.2, 0) is 6.18 Å². The van der Waals surface area contributed by atoms with Gasteiger partial charge in [-0.2, -0.15) is 13.2 Å². The number of nitrogens with two attached hydrogens (primary N) is 1. The molecule has 2 rings (SSSR count). The molecule has 1 saturated carbocycles. The van der Waals surface area contributed by atoms with Gasteiger partial charge in [-0.05, 0) is 31.4 Å². The molecule has 0 spiro atoms. The maximum absolute atomic E-state index is 12.6. The quantitative estimate of drug-likeness (QED) is 0.833. The van der Waals surface area contributed by atoms with Crippen molar-refractivity contribution < 1.29 is 13.2 Å². The summed E-state index contributed by atoms with van der Waals surface area (Å²) in [7, 11) is 0. The van der Waals surface area contributed by atoms with E-state index in [9.17, 15) is 13.2 Å². The summed E-state index contributed by atoms with van der Waals surface area (Å²) in [5.74, 6) is 0.127. The third kappa shape index (κ3) is 2.72. The van der Waals surface area contributed by atoms with Gasteiger partial charge in [0.1, 0.15) is 16.5 Å². The zero-order chi connectivity index (χ0) is 13.3. The standard InChI is InChI=1S/C11H12F3N3S/c12-11(13,14)8-5-4-7(9(15)18)10(17-8)16-6-2-1-3-6/h4-6H,1-3H2,(H2,15,18)(H,16,17). The average molecular weight is 275 g/mol. The summed E-state index contributed by atoms with van der Waals surface area (Å²) in [6.07, 6.45) is -1.55. The first kappa shape index (κ1) is 13.1. The van der Waals surface area contributed by atoms with Crippen LogP contribution in [0.15, 0.2) is 12.1 Å². The van der Waals surface area contributed by atoms with E-state index in [4.69, 9.17) is 18.0 Å². The monoisotopic (exact) mass is 275 g/mol. The highest BCUT2D eigenvalue weighted by Gasteiger charge is 2.33. The average Bonchev–Trinajstić information content (AvgIpc) is 2.21. The van der Waals surface area contributed by atoms with Gasteiger partial charge in [0.15, 0.2) is 0 Å². The molecule has 1 heterocycles. The maximum Gasteiger partial charge on any atom is 0.433 e. The second kappa shape index (κ2) is 4.72. The zero-order valence-corrected chi connectivity index (χ0v) is 10.2. The van der Waals surface area contributed by atoms with E-state index in [-0.39, 0.29) is 16.8 Å². The third-order valence-corrected chi connectivity index (χ3v) is 3.12. The van der Waals surface area contributed by atoms with E-state index in [1.165, 1.54) is 6.07 Å². The van der Waals surface area contributed by atoms with E-state index >= 15 is 0 Å². The van der Waals surface area contributed by atoms with Gasteiger partial charge in [0, 0.05) is 6.04 Å². The zero-order valence-electron chi connectivity index (χ0n) is 9.42. The molecule has 1 aromatic rings. The molecule has 0 aromatic carbocycles. The van der Waals surface area contributed by atoms with Crippen molar-refractivity contribution in [1.82, 2.24) is 4.98 Å². The lowest BCUT2D eigenvalue weighted by Crippen LogP contribution is -2.29. The normalized spacial score (nSPS) is 16.2. The number of rotatable bonds is 3. The molecule has 0 amide bonds. The van der Waals surface area contributed by atoms with Gasteiger partial charge < -0.3 is 11.1 Å². The van der Waals surface area contributed by atoms with Crippen molar-refractivity contribution in [3.63, 3.8) is 0 Å². The van der Waals surface area contributed by atoms with Crippen LogP contribution in [0.4, 0.5) is 19.0 Å². The lowest BCUT2D eigenvalue weighted by atomic mass is 9.93. The van der Waals surface area contributed by atoms with Gasteiger partial charge in [0.05, 0.1) is 5.56 Å². The molecule has 1 fully saturated rings. The predicted molar refractivity (Wildman–Crippen MR) is 66.4 cm³/mol. The Labute approximate surface area is 108 Å². The van der Waals surface area contributed by atoms with Crippen molar-refractivity contribution in [1.29, 1.82) is 0 Å². The van der Waals surface area contributed by atoms with Crippen LogP contribution in [0, 0.1) is 0 Å². The van der Waals surface area contributed by atoms with E-state index in [2.05, 4.69) is 10.3 Å². The van der Waals surface area contributed by atoms with E-state index in [0.29, 0.717) is 5.56 Å². The van der Waals surface area contributed by atoms with Crippen molar-refractivity contribution in [3.8, 4) is 0 Å². The van der Waals surface area contributed by atoms with Gasteiger partial charge in [0.2, 0.25) is 0 Å². The number of nitrogens with zero attached hydrogens (tertiary/aromatic N) is 1. The van der Waals surface area contributed by atoms with Crippen LogP contribution in [0.1, 0.15) is 30.5 Å². The Balaban J connectivity index is 2.34. The molecule has 0 atom stereocenters. The Morgan fingerprint density at radius 2 is 2.06 bits per heavy atom. The highest BCUT2D eigenvalue weighted by molar-refractivity contribution is 7.80. The van der Waals surface area contributed by atoms with Crippen LogP contribution in [0.25, 0.3) is 0 Å². The summed E-state index contributed by atoms with van der Waals surface area (Å²) in [5.41, 5.74) is 4.89. The molecule has 0 unspecified atom stereocenters. The molecule has 18 heavy (non-hydrogen) atoms. The molecule has 3 nitrogen and oxygen atoms in total. The van der Waals surface area contributed by atoms with Gasteiger partial charge in [-0.3, -0.25) is 0 Å². The highest BCUT2D eigenvalue weighted by atomic mass is 32.1. The summed E-state index contributed by atoms with van der Waals surface area (Å²) < 4.78 is 37.7. The summed E-state index contributed by atoms with van der Waals surface area (Å²) in [4.78, 5) is 3.62. The largest absolute Gasteiger partial charge is 0.433 e. The number of anilines is 1. The second-order valence-electron chi connectivity index (χ2n) is 4.23. The number of pyridine rings is 1. The molecule has 0 saturated heterocycles. The Morgan fingerprint density at radius 3 is 2.50 bits per heavy atom. The third-order valence-electron chi connectivity index (χ3n) is 2.90. The number of thiocarbonyl (C=S) groups is 1. The van der Waals surface area contributed by atoms with E-state index in [0.717, 1.165) is 25.3 Å². The molecular weight excluding hydrogens is 263 g/mol. The SMILES string of the molecule is NC(=S)c1ccc(C(F)(F)F)nc1NC1CCC1. The minimum atomic E-state index is -4.47. The highest BCUT2D eigenvalue weighted by Crippen LogP contribution is 2.31. The maximum atomic E-state index is 12.6. The van der Waals surface area contributed by atoms with Crippen LogP contribution in [0.3, 0.4) is 0 Å². The fraction of sp³-hybridized carbons (Fsp3) is 0.455. The van der Waals surface area contributed by atoms with Crippen molar-refractivity contribution in [2.24, 2.45) is 5.73 Å². The van der Waals surface area contributed by atoms with Crippen LogP contribution in [0.5, 0.6) is 0 Å². The van der Waals surface area contributed by atoms with Gasteiger partial charge in [-0.1, -0.05) is 12.2 Å². The van der Waals surface area contributed by atoms with E-state index < -0.39 is 11.9 Å². The van der Waals surface area contributed by atoms with Crippen molar-refractivity contribution in [2.75, 3.05) is 5.32 Å². The molecule has 0 aliphatic heterocycles. The topological polar surface area (TPSA) is 50.9 Å². The second-order valence-corrected chi connectivity index (χ2v) is 4.67. The van der Waals surface area contributed by atoms with Crippen LogP contribution >= 0.6 is 12.2 Å². The predicted octanol–water partition coefficient (Wildman–Crippen LogP) is 2.70. The van der Waals surface area contributed by atoms with Crippen molar-refractivity contribution in [2.45, 2.75) is 31.5 Å². The van der Waals surface area contributed by atoms with Gasteiger partial charge in [-0.15, -0.1) is 0 Å². The molecule has 1 aromatic heterocycles. The first-order valence-corrected chi connectivity index (χ1v) is 5.93. The fourth-order valence-electron chi connectivity index (χ4n) is 1.67. The lowest BCUT2D eigenvalue weighted by molar-refractivity contribution is -0.141. The van der Waals surface area contributed by atoms with E-state index in [1.807, 2.05) is 0 Å². The number of nitrogens with one attached hydrogen (secondary N) is 1. The number of halogens is 3. The van der Waals surface area contributed by atoms with Gasteiger partial charge in [-0.25, -0.2) is 4.98 Å². The first-order chi connectivity index (χ1) is 8.38. The fourth-order valence-corrected chi connectivity index (χ4v) is 1.84. The number of alkyl halides is 3. The number of hydrogen-bond donors (Lipinski definition) is 2. The van der Waals surface area contributed by atoms with Crippen molar-refractivity contribution >= 4 is 23.0 Å². The molecule has 7 heteroatoms. The van der Waals surface area contributed by atoms with Crippen LogP contribution < -0.4 is 11.1 Å². The Kier molecular flexibility index (Phi) is 3.43. The molecular formula is C11H12F3N3S. The summed E-state index contributed by atoms with van der Waals surface area (Å²) in [6, 6.07) is 2.31. The minimum Gasteiger partial charge on any atom is -0.389 e. The van der Waals surface area contributed by atoms with Crippen LogP contribution in [-0.4, -0.2) is 16.0 Å². The lowest BCUT2D eigenvalue weighted by Gasteiger charge is -2.28. The van der Waals surface area contributed by atoms with E-state index in [1.54, 1.807) is 0 Å². The summed E-state index contributed by atoms with van der Waals surface area (Å²) >= 11 is 4.81. The smallest absolute Gasteiger partial charge is 0.389 e. The van der Waals surface area contributed by atoms with Crippen molar-refractivity contribution in [3.05, 3.63) is 23.4 Å². The Morgan fingerprint density at radius 1 is 1.39 bits per heavy atom. The summed E-state index contributed by atoms with van der Waals surface area (Å²) in [5, 5.41) is 2.96. The number of hydrogen-bond acceptors (Lipinski definition) is 3. The van der Waals surface area contributed by atoms with Gasteiger partial charge in [0.25, 0.3) is 0 Å². The Bertz CT molecular complexity index is 469. The van der Waals surface area contributed by atoms with Gasteiger partial charge >= 0.3 is 6.18 Å². The molecule has 3 N–H and O–H groups in total. The summed E-state index contributed by atoms with van der Waals surface area (Å²) in [6.45, 7) is 0. The number of aromatic nitrogens is 1. The Hall–Kier alpha value is -1.37.